The van der Waals surface area contributed by atoms with Gasteiger partial charge in [-0.25, -0.2) is 4.57 Å². The number of benzene rings is 1. The van der Waals surface area contributed by atoms with Gasteiger partial charge in [-0.15, -0.1) is 0 Å². The molecule has 1 aromatic carbocycles. The normalized spacial score (nSPS) is 11.6. The van der Waals surface area contributed by atoms with E-state index in [-0.39, 0.29) is 17.0 Å². The maximum Gasteiger partial charge on any atom is 0.202 e. The van der Waals surface area contributed by atoms with Crippen molar-refractivity contribution in [2.45, 2.75) is 67.5 Å². The number of rotatable bonds is 8. The van der Waals surface area contributed by atoms with Crippen LogP contribution in [0.25, 0.3) is 21.8 Å². The molecule has 0 radical (unpaired) electrons. The van der Waals surface area contributed by atoms with E-state index in [1.165, 1.54) is 27.5 Å². The van der Waals surface area contributed by atoms with E-state index in [9.17, 15) is 0 Å². The van der Waals surface area contributed by atoms with Crippen molar-refractivity contribution in [2.24, 2.45) is 11.8 Å². The monoisotopic (exact) mass is 446 g/mol. The van der Waals surface area contributed by atoms with Gasteiger partial charge in [0.2, 0.25) is 5.69 Å². The molecule has 0 spiro atoms. The fourth-order valence-corrected chi connectivity index (χ4v) is 3.88. The Morgan fingerprint density at radius 1 is 1.04 bits per heavy atom. The zero-order valence-corrected chi connectivity index (χ0v) is 19.8. The minimum atomic E-state index is 0. The van der Waals surface area contributed by atoms with Crippen LogP contribution in [0, 0.1) is 18.8 Å². The van der Waals surface area contributed by atoms with Crippen molar-refractivity contribution >= 4 is 21.8 Å². The van der Waals surface area contributed by atoms with E-state index in [0.29, 0.717) is 11.8 Å². The molecule has 4 heteroatoms. The summed E-state index contributed by atoms with van der Waals surface area (Å²) in [5.41, 5.74) is 4.02. The first-order chi connectivity index (χ1) is 12.9. The molecule has 0 amide bonds. The number of aromatic nitrogens is 2. The molecular weight excluding hydrogens is 412 g/mol. The lowest BCUT2D eigenvalue weighted by Crippen LogP contribution is -3.00. The van der Waals surface area contributed by atoms with Crippen LogP contribution in [0.1, 0.15) is 53.2 Å². The Bertz CT molecular complexity index is 927. The third-order valence-corrected chi connectivity index (χ3v) is 5.24. The van der Waals surface area contributed by atoms with Crippen molar-refractivity contribution in [2.75, 3.05) is 6.61 Å². The van der Waals surface area contributed by atoms with Crippen LogP contribution in [0.2, 0.25) is 0 Å². The van der Waals surface area contributed by atoms with Gasteiger partial charge in [-0.05, 0) is 30.9 Å². The molecule has 154 valence electrons. The molecule has 0 aliphatic heterocycles. The van der Waals surface area contributed by atoms with Gasteiger partial charge in [0.15, 0.2) is 12.7 Å². The van der Waals surface area contributed by atoms with Gasteiger partial charge in [0.25, 0.3) is 0 Å². The minimum Gasteiger partial charge on any atom is -1.00 e. The molecule has 0 aliphatic rings. The fourth-order valence-electron chi connectivity index (χ4n) is 3.88. The van der Waals surface area contributed by atoms with Gasteiger partial charge in [0.1, 0.15) is 11.3 Å². The van der Waals surface area contributed by atoms with Gasteiger partial charge in [-0.2, -0.15) is 0 Å². The van der Waals surface area contributed by atoms with Gasteiger partial charge < -0.3 is 26.3 Å². The number of pyridine rings is 1. The summed E-state index contributed by atoms with van der Waals surface area (Å²) in [5, 5.41) is 2.68. The molecule has 0 aliphatic carbocycles. The van der Waals surface area contributed by atoms with Crippen LogP contribution in [0.5, 0.6) is 5.75 Å². The lowest BCUT2D eigenvalue weighted by atomic mass is 10.1. The van der Waals surface area contributed by atoms with Crippen LogP contribution in [0.3, 0.4) is 0 Å². The average molecular weight is 447 g/mol. The molecule has 0 saturated heterocycles. The maximum atomic E-state index is 6.04. The molecule has 0 atom stereocenters. The van der Waals surface area contributed by atoms with E-state index in [2.05, 4.69) is 81.1 Å². The lowest BCUT2D eigenvalue weighted by Gasteiger charge is -2.10. The molecule has 0 fully saturated rings. The van der Waals surface area contributed by atoms with Crippen LogP contribution in [0.4, 0.5) is 0 Å². The second-order valence-electron chi connectivity index (χ2n) is 8.57. The molecule has 2 heterocycles. The van der Waals surface area contributed by atoms with Gasteiger partial charge >= 0.3 is 0 Å². The van der Waals surface area contributed by atoms with Crippen molar-refractivity contribution in [3.8, 4) is 5.75 Å². The van der Waals surface area contributed by atoms with Crippen molar-refractivity contribution in [1.29, 1.82) is 0 Å². The average Bonchev–Trinajstić information content (AvgIpc) is 2.91. The van der Waals surface area contributed by atoms with Crippen molar-refractivity contribution < 1.29 is 26.3 Å². The Morgan fingerprint density at radius 3 is 2.43 bits per heavy atom. The second kappa shape index (κ2) is 9.78. The number of halogens is 1. The molecule has 0 bridgehead atoms. The summed E-state index contributed by atoms with van der Waals surface area (Å²) in [6.07, 6.45) is 4.46. The Morgan fingerprint density at radius 2 is 1.79 bits per heavy atom. The van der Waals surface area contributed by atoms with Crippen LogP contribution >= 0.6 is 0 Å². The zero-order chi connectivity index (χ0) is 19.6. The highest BCUT2D eigenvalue weighted by Crippen LogP contribution is 2.32. The van der Waals surface area contributed by atoms with Crippen molar-refractivity contribution in [3.05, 3.63) is 36.2 Å². The second-order valence-corrected chi connectivity index (χ2v) is 8.57. The first-order valence-electron chi connectivity index (χ1n) is 10.5. The molecule has 28 heavy (non-hydrogen) atoms. The molecule has 2 aromatic heterocycles. The highest BCUT2D eigenvalue weighted by atomic mass is 79.9. The van der Waals surface area contributed by atoms with E-state index < -0.39 is 0 Å². The standard InChI is InChI=1S/C24H35N2O.BrH/c1-7-12-26-23-15-20(27-14-11-17(2)3)8-9-21(23)22-10-13-25(16-18(4)5)19(6)24(22)26;/h8-10,13,15,17-18H,7,11-12,14,16H2,1-6H3;1H/q+1;/p-1. The smallest absolute Gasteiger partial charge is 0.202 e. The summed E-state index contributed by atoms with van der Waals surface area (Å²) < 4.78 is 10.9. The molecule has 3 rings (SSSR count). The van der Waals surface area contributed by atoms with Crippen molar-refractivity contribution in [1.82, 2.24) is 4.57 Å². The fraction of sp³-hybridized carbons (Fsp3) is 0.542. The van der Waals surface area contributed by atoms with Gasteiger partial charge in [-0.3, -0.25) is 0 Å². The van der Waals surface area contributed by atoms with Gasteiger partial charge in [0, 0.05) is 42.3 Å². The summed E-state index contributed by atoms with van der Waals surface area (Å²) >= 11 is 0. The SMILES string of the molecule is CCCn1c2cc(OCCC(C)C)ccc2c2cc[n+](CC(C)C)c(C)c21.[Br-]. The molecule has 0 N–H and O–H groups in total. The largest absolute Gasteiger partial charge is 1.00 e. The molecule has 0 saturated carbocycles. The zero-order valence-electron chi connectivity index (χ0n) is 18.3. The number of hydrogen-bond donors (Lipinski definition) is 0. The molecular formula is C24H35BrN2O. The van der Waals surface area contributed by atoms with E-state index in [1.54, 1.807) is 0 Å². The topological polar surface area (TPSA) is 18.0 Å². The quantitative estimate of drug-likeness (QED) is 0.486. The summed E-state index contributed by atoms with van der Waals surface area (Å²) in [7, 11) is 0. The highest BCUT2D eigenvalue weighted by molar-refractivity contribution is 6.08. The maximum absolute atomic E-state index is 6.04. The summed E-state index contributed by atoms with van der Waals surface area (Å²) in [4.78, 5) is 0. The third kappa shape index (κ3) is 4.71. The number of aryl methyl sites for hydroxylation is 2. The van der Waals surface area contributed by atoms with Crippen LogP contribution in [-0.4, -0.2) is 11.2 Å². The van der Waals surface area contributed by atoms with Crippen LogP contribution in [0.15, 0.2) is 30.5 Å². The van der Waals surface area contributed by atoms with E-state index in [0.717, 1.165) is 38.3 Å². The molecule has 0 unspecified atom stereocenters. The van der Waals surface area contributed by atoms with E-state index >= 15 is 0 Å². The van der Waals surface area contributed by atoms with Crippen LogP contribution < -0.4 is 26.3 Å². The summed E-state index contributed by atoms with van der Waals surface area (Å²) in [6.45, 7) is 16.4. The Hall–Kier alpha value is -1.55. The number of fused-ring (bicyclic) bond motifs is 3. The first kappa shape index (κ1) is 22.7. The minimum absolute atomic E-state index is 0. The molecule has 3 aromatic rings. The predicted molar refractivity (Wildman–Crippen MR) is 114 cm³/mol. The Balaban J connectivity index is 0.00000280. The predicted octanol–water partition coefficient (Wildman–Crippen LogP) is 2.89. The molecule has 3 nitrogen and oxygen atoms in total. The lowest BCUT2D eigenvalue weighted by molar-refractivity contribution is -0.706. The van der Waals surface area contributed by atoms with E-state index in [4.69, 9.17) is 4.74 Å². The van der Waals surface area contributed by atoms with Crippen molar-refractivity contribution in [3.63, 3.8) is 0 Å². The number of ether oxygens (including phenoxy) is 1. The summed E-state index contributed by atoms with van der Waals surface area (Å²) in [5.74, 6) is 2.28. The van der Waals surface area contributed by atoms with Gasteiger partial charge in [-0.1, -0.05) is 34.6 Å². The Kier molecular flexibility index (Phi) is 7.94. The van der Waals surface area contributed by atoms with E-state index in [1.807, 2.05) is 0 Å². The van der Waals surface area contributed by atoms with Crippen LogP contribution in [-0.2, 0) is 13.1 Å². The van der Waals surface area contributed by atoms with Gasteiger partial charge in [0.05, 0.1) is 12.1 Å². The third-order valence-electron chi connectivity index (χ3n) is 5.24. The Labute approximate surface area is 180 Å². The highest BCUT2D eigenvalue weighted by Gasteiger charge is 2.20. The first-order valence-corrected chi connectivity index (χ1v) is 10.5. The number of nitrogens with zero attached hydrogens (tertiary/aromatic N) is 2. The number of hydrogen-bond acceptors (Lipinski definition) is 1. The summed E-state index contributed by atoms with van der Waals surface area (Å²) in [6, 6.07) is 8.89.